The third-order valence-electron chi connectivity index (χ3n) is 32.5. The highest BCUT2D eigenvalue weighted by Gasteiger charge is 2.56. The van der Waals surface area contributed by atoms with Crippen LogP contribution in [0.2, 0.25) is 0 Å². The maximum Gasteiger partial charge on any atom is 0.333 e. The maximum atomic E-state index is 15.1. The molecule has 2 fully saturated rings. The number of esters is 5. The smallest absolute Gasteiger partial charge is 0.333 e. The van der Waals surface area contributed by atoms with Crippen LogP contribution in [0.1, 0.15) is 651 Å². The number of hydrogen-bond donors (Lipinski definition) is 3. The Morgan fingerprint density at radius 1 is 0.248 bits per heavy atom. The molecular weight excluding hydrogens is 1850 g/mol. The molecule has 0 aliphatic carbocycles. The van der Waals surface area contributed by atoms with Crippen LogP contribution in [0.15, 0.2) is 46.6 Å². The normalized spacial score (nSPS) is 20.1. The van der Waals surface area contributed by atoms with Crippen LogP contribution in [-0.2, 0) is 61.9 Å². The Morgan fingerprint density at radius 3 is 0.705 bits per heavy atom. The Hall–Kier alpha value is -3.93. The molecule has 3 N–H and O–H groups in total. The highest BCUT2D eigenvalue weighted by Crippen LogP contribution is 2.38. The number of aliphatic hydroxyl groups excluding tert-OH is 3. The van der Waals surface area contributed by atoms with Crippen molar-refractivity contribution in [2.24, 2.45) is 47.3 Å². The minimum absolute atomic E-state index is 0.00166. The van der Waals surface area contributed by atoms with Crippen molar-refractivity contribution in [3.63, 3.8) is 0 Å². The van der Waals surface area contributed by atoms with Gasteiger partial charge in [0.25, 0.3) is 0 Å². The molecule has 0 aromatic heterocycles. The second kappa shape index (κ2) is 97.3. The number of allylic oxidation sites excluding steroid dienone is 4. The highest BCUT2D eigenvalue weighted by molar-refractivity contribution is 5.89. The fraction of sp³-hybridized carbons (Fsp3) is 0.902. The topological polar surface area (TPSA) is 220 Å². The van der Waals surface area contributed by atoms with Crippen molar-refractivity contribution in [3.05, 3.63) is 46.6 Å². The quantitative estimate of drug-likeness (QED) is 0.0223. The van der Waals surface area contributed by atoms with Crippen molar-refractivity contribution in [2.45, 2.75) is 712 Å². The number of carbonyl (C=O) groups excluding carboxylic acids is 5. The Bertz CT molecular complexity index is 3250. The van der Waals surface area contributed by atoms with Crippen LogP contribution in [0, 0.1) is 47.3 Å². The van der Waals surface area contributed by atoms with Crippen LogP contribution in [0.3, 0.4) is 0 Å². The van der Waals surface area contributed by atoms with Crippen molar-refractivity contribution >= 4 is 29.8 Å². The van der Waals surface area contributed by atoms with Gasteiger partial charge in [-0.2, -0.15) is 0 Å². The maximum absolute atomic E-state index is 15.1. The van der Waals surface area contributed by atoms with Crippen molar-refractivity contribution in [2.75, 3.05) is 13.2 Å². The van der Waals surface area contributed by atoms with Crippen LogP contribution in [0.4, 0.5) is 0 Å². The van der Waals surface area contributed by atoms with Crippen LogP contribution >= 0.6 is 0 Å². The first-order valence-corrected chi connectivity index (χ1v) is 64.9. The number of unbranched alkanes of at least 4 members (excludes halogenated alkanes) is 69. The van der Waals surface area contributed by atoms with Gasteiger partial charge in [-0.15, -0.1) is 0 Å². The van der Waals surface area contributed by atoms with Gasteiger partial charge in [0.15, 0.2) is 24.4 Å². The van der Waals surface area contributed by atoms with E-state index in [0.29, 0.717) is 41.2 Å². The lowest BCUT2D eigenvalue weighted by molar-refractivity contribution is -0.377. The molecule has 0 amide bonds. The van der Waals surface area contributed by atoms with Crippen molar-refractivity contribution in [1.29, 1.82) is 0 Å². The van der Waals surface area contributed by atoms with Gasteiger partial charge < -0.3 is 53.2 Å². The van der Waals surface area contributed by atoms with E-state index >= 15 is 9.59 Å². The van der Waals surface area contributed by atoms with E-state index in [1.165, 1.54) is 417 Å². The zero-order valence-corrected chi connectivity index (χ0v) is 101. The summed E-state index contributed by atoms with van der Waals surface area (Å²) in [6, 6.07) is 0. The van der Waals surface area contributed by atoms with Gasteiger partial charge >= 0.3 is 29.8 Å². The monoisotopic (exact) mass is 2100 g/mol. The van der Waals surface area contributed by atoms with E-state index in [1.807, 2.05) is 24.3 Å². The fourth-order valence-electron chi connectivity index (χ4n) is 23.3. The molecule has 18 atom stereocenters. The number of aliphatic hydroxyl groups is 3. The Kier molecular flexibility index (Phi) is 92.2. The van der Waals surface area contributed by atoms with Crippen molar-refractivity contribution < 1.29 is 77.2 Å². The molecule has 16 nitrogen and oxygen atoms in total. The summed E-state index contributed by atoms with van der Waals surface area (Å²) in [6.07, 6.45) is 92.3. The minimum Gasteiger partial charge on any atom is -0.459 e. The molecule has 16 heteroatoms. The summed E-state index contributed by atoms with van der Waals surface area (Å²) < 4.78 is 52.3. The van der Waals surface area contributed by atoms with Gasteiger partial charge in [0, 0.05) is 28.7 Å². The summed E-state index contributed by atoms with van der Waals surface area (Å²) in [5, 5.41) is 37.6. The molecule has 874 valence electrons. The number of hydrogen-bond acceptors (Lipinski definition) is 16. The third kappa shape index (κ3) is 76.4. The Morgan fingerprint density at radius 2 is 0.456 bits per heavy atom. The Balaban J connectivity index is 2.69. The summed E-state index contributed by atoms with van der Waals surface area (Å²) in [5.41, 5.74) is 1.18. The predicted octanol–water partition coefficient (Wildman–Crippen LogP) is 38.7. The second-order valence-corrected chi connectivity index (χ2v) is 48.5. The van der Waals surface area contributed by atoms with Crippen molar-refractivity contribution in [1.82, 2.24) is 0 Å². The molecule has 2 heterocycles. The zero-order chi connectivity index (χ0) is 109. The van der Waals surface area contributed by atoms with E-state index < -0.39 is 104 Å². The molecule has 4 unspecified atom stereocenters. The van der Waals surface area contributed by atoms with Gasteiger partial charge in [-0.25, -0.2) is 19.2 Å². The summed E-state index contributed by atoms with van der Waals surface area (Å²) >= 11 is 0. The molecule has 2 aliphatic heterocycles. The van der Waals surface area contributed by atoms with E-state index in [9.17, 15) is 29.7 Å². The first kappa shape index (κ1) is 141. The standard InChI is InChI=1S/C133H246O16/c1-18-23-28-33-38-43-48-53-57-59-61-66-70-74-77-82-87-92-107(6)97-111(10)101-115(14)128(138)142-106-120-122(136)125(147-130(140)117(16)103-113(12)99-109(8)94-89-84-78-72-67-63-55-50-45-40-35-30-25-20-3)127(145-121(135)96-91-86-81-76-71-62-52-47-42-37-32-27-22-5)133(144-120)149-132-126(148-131(141)118(17)104-114(13)100-110(9)95-90-85-79-73-68-64-56-51-46-41-36-31-26-21-4)123(137)124(119(105-134)143-132)146-129(139)116(15)102-112(11)98-108(7)93-88-83-80-75-69-65-60-58-54-49-44-39-34-29-24-19-2/h101-104,107-114,119-120,122-127,132-134,136-137H,18-100,105-106H2,1-17H3/b115-101+,116-102+,117-103+,118-104+/t107-,108-,109-,110-,111-,112-,113-,114-,119?,120?,122+,123?,124+,125?,126-,127+,132+,133+/m0/s1. The van der Waals surface area contributed by atoms with E-state index in [-0.39, 0.29) is 41.2 Å². The van der Waals surface area contributed by atoms with Crippen molar-refractivity contribution in [3.8, 4) is 0 Å². The first-order valence-electron chi connectivity index (χ1n) is 64.9. The summed E-state index contributed by atoms with van der Waals surface area (Å²) in [7, 11) is 0. The van der Waals surface area contributed by atoms with Gasteiger partial charge in [-0.3, -0.25) is 4.79 Å². The molecule has 2 aliphatic rings. The number of ether oxygens (including phenoxy) is 8. The number of carbonyl (C=O) groups is 5. The molecule has 0 aromatic rings. The lowest BCUT2D eigenvalue weighted by Gasteiger charge is -2.47. The van der Waals surface area contributed by atoms with Gasteiger partial charge in [-0.05, 0) is 107 Å². The van der Waals surface area contributed by atoms with Crippen LogP contribution in [0.25, 0.3) is 0 Å². The first-order chi connectivity index (χ1) is 72.2. The van der Waals surface area contributed by atoms with Crippen LogP contribution < -0.4 is 0 Å². The molecule has 0 saturated carbocycles. The van der Waals surface area contributed by atoms with Crippen LogP contribution in [-0.4, -0.2) is 120 Å². The lowest BCUT2D eigenvalue weighted by atomic mass is 9.91. The zero-order valence-electron chi connectivity index (χ0n) is 101. The van der Waals surface area contributed by atoms with Gasteiger partial charge in [0.2, 0.25) is 12.6 Å². The molecule has 0 aromatic carbocycles. The second-order valence-electron chi connectivity index (χ2n) is 48.5. The molecule has 0 spiro atoms. The van der Waals surface area contributed by atoms with Crippen LogP contribution in [0.5, 0.6) is 0 Å². The molecule has 2 rings (SSSR count). The summed E-state index contributed by atoms with van der Waals surface area (Å²) in [5.74, 6) is -2.17. The average molecular weight is 2100 g/mol. The fourth-order valence-corrected chi connectivity index (χ4v) is 23.3. The van der Waals surface area contributed by atoms with E-state index in [0.717, 1.165) is 103 Å². The molecule has 2 saturated heterocycles. The summed E-state index contributed by atoms with van der Waals surface area (Å²) in [4.78, 5) is 74.1. The molecule has 0 radical (unpaired) electrons. The SMILES string of the molecule is CCCCCCCCCCCCCCCCCCC[C@H](C)C[C@H](C)/C=C(\C)C(=O)OCC1O[C@H](O[C@H]2OC(CO)[C@@H](OC(=O)/C(C)=C/[C@@H](C)C[C@@H](C)CCCCCCCCCCCCCCCCCC)C(O)[C@@H]2OC(=O)/C(C)=C/[C@@H](C)C[C@@H](C)CCCCCCCCCCCCCCCC)[C@H](OC(=O)CCCCCCCCCCCCCCC)C(OC(=O)/C(C)=C/[C@@H](C)C[C@@H](C)CCCCCCCCCCCCCCCC)[C@@H]1O. The largest absolute Gasteiger partial charge is 0.459 e. The average Bonchev–Trinajstić information content (AvgIpc) is 0.720. The Labute approximate surface area is 920 Å². The highest BCUT2D eigenvalue weighted by atomic mass is 16.8. The van der Waals surface area contributed by atoms with Gasteiger partial charge in [0.05, 0.1) is 6.61 Å². The van der Waals surface area contributed by atoms with E-state index in [1.54, 1.807) is 27.7 Å². The van der Waals surface area contributed by atoms with E-state index in [2.05, 4.69) is 90.0 Å². The van der Waals surface area contributed by atoms with Gasteiger partial charge in [0.1, 0.15) is 31.0 Å². The molecular formula is C133H246O16. The lowest BCUT2D eigenvalue weighted by Crippen LogP contribution is -2.66. The minimum atomic E-state index is -1.92. The predicted molar refractivity (Wildman–Crippen MR) is 628 cm³/mol. The van der Waals surface area contributed by atoms with E-state index in [4.69, 9.17) is 37.9 Å². The van der Waals surface area contributed by atoms with Gasteiger partial charge in [-0.1, -0.05) is 609 Å². The number of rotatable bonds is 104. The summed E-state index contributed by atoms with van der Waals surface area (Å²) in [6.45, 7) is 34.2. The molecule has 0 bridgehead atoms. The third-order valence-corrected chi connectivity index (χ3v) is 32.5. The molecule has 149 heavy (non-hydrogen) atoms.